The molecule has 238 valence electrons. The first-order valence-corrected chi connectivity index (χ1v) is 14.0. The number of aliphatic carboxylic acids is 3. The maximum Gasteiger partial charge on any atom is 0.343 e. The number of carbonyl (C=O) groups excluding carboxylic acids is 1. The quantitative estimate of drug-likeness (QED) is 0.142. The van der Waals surface area contributed by atoms with Crippen LogP contribution in [-0.4, -0.2) is 97.4 Å². The van der Waals surface area contributed by atoms with Gasteiger partial charge in [-0.1, -0.05) is 57.7 Å². The van der Waals surface area contributed by atoms with Crippen LogP contribution in [0.5, 0.6) is 0 Å². The van der Waals surface area contributed by atoms with Crippen molar-refractivity contribution in [3.8, 4) is 0 Å². The Hall–Kier alpha value is -3.36. The summed E-state index contributed by atoms with van der Waals surface area (Å²) in [5, 5.41) is 53.0. The number of fused-ring (bicyclic) bond motifs is 2. The largest absolute Gasteiger partial charge is 0.479 e. The summed E-state index contributed by atoms with van der Waals surface area (Å²) in [6, 6.07) is 9.40. The number of hydrogen-bond donors (Lipinski definition) is 5. The van der Waals surface area contributed by atoms with Gasteiger partial charge < -0.3 is 44.5 Å². The highest BCUT2D eigenvalue weighted by molar-refractivity contribution is 5.97. The monoisotopic (exact) mass is 608 g/mol. The van der Waals surface area contributed by atoms with E-state index >= 15 is 0 Å². The zero-order chi connectivity index (χ0) is 32.3. The van der Waals surface area contributed by atoms with Crippen LogP contribution < -0.4 is 0 Å². The molecule has 2 heterocycles. The molecule has 2 saturated heterocycles. The number of hydrogen-bond acceptors (Lipinski definition) is 10. The van der Waals surface area contributed by atoms with Crippen molar-refractivity contribution in [2.45, 2.75) is 94.8 Å². The lowest BCUT2D eigenvalue weighted by molar-refractivity contribution is -0.374. The molecule has 1 aromatic rings. The number of benzene rings is 1. The molecule has 2 aliphatic heterocycles. The van der Waals surface area contributed by atoms with Crippen LogP contribution in [0.1, 0.15) is 52.5 Å². The third-order valence-electron chi connectivity index (χ3n) is 8.00. The number of aliphatic hydroxyl groups is 2. The van der Waals surface area contributed by atoms with Crippen molar-refractivity contribution in [2.75, 3.05) is 6.61 Å². The Labute approximate surface area is 249 Å². The molecule has 0 aromatic heterocycles. The van der Waals surface area contributed by atoms with Gasteiger partial charge in [-0.2, -0.15) is 0 Å². The molecule has 0 radical (unpaired) electrons. The van der Waals surface area contributed by atoms with E-state index in [2.05, 4.69) is 6.58 Å². The Kier molecular flexibility index (Phi) is 10.4. The highest BCUT2D eigenvalue weighted by atomic mass is 16.8. The Morgan fingerprint density at radius 1 is 1.05 bits per heavy atom. The molecule has 0 spiro atoms. The summed E-state index contributed by atoms with van der Waals surface area (Å²) < 4.78 is 22.4. The fourth-order valence-electron chi connectivity index (χ4n) is 5.79. The van der Waals surface area contributed by atoms with Gasteiger partial charge in [0.05, 0.1) is 0 Å². The Morgan fingerprint density at radius 2 is 1.67 bits per heavy atom. The topological polar surface area (TPSA) is 206 Å². The minimum absolute atomic E-state index is 0.0642. The number of carboxylic acid groups (broad SMARTS) is 3. The molecule has 0 amide bonds. The Balaban J connectivity index is 2.00. The molecule has 2 aliphatic rings. The normalized spacial score (nSPS) is 31.3. The van der Waals surface area contributed by atoms with Gasteiger partial charge >= 0.3 is 23.9 Å². The number of carbonyl (C=O) groups is 4. The van der Waals surface area contributed by atoms with Crippen molar-refractivity contribution in [3.05, 3.63) is 48.0 Å². The molecule has 1 aromatic carbocycles. The molecule has 2 bridgehead atoms. The number of ether oxygens (including phenoxy) is 4. The van der Waals surface area contributed by atoms with E-state index in [9.17, 15) is 44.7 Å². The van der Waals surface area contributed by atoms with Crippen LogP contribution in [0.4, 0.5) is 0 Å². The van der Waals surface area contributed by atoms with Crippen LogP contribution in [-0.2, 0) is 44.5 Å². The van der Waals surface area contributed by atoms with Gasteiger partial charge in [0.1, 0.15) is 18.3 Å². The van der Waals surface area contributed by atoms with Crippen LogP contribution in [0.25, 0.3) is 0 Å². The SMILES string of the molecule is C=C(CC[C@@]12O[C@H](C(=O)O)[C@@](O)(C(=O)O)[C@@](C(=O)O)(O1)[C@H](OCCC(C)C)[C@H]2O)C(OC(C)=O)C(C)Cc1ccccc1. The van der Waals surface area contributed by atoms with Gasteiger partial charge in [0.2, 0.25) is 17.3 Å². The van der Waals surface area contributed by atoms with Gasteiger partial charge in [-0.15, -0.1) is 0 Å². The fourth-order valence-corrected chi connectivity index (χ4v) is 5.79. The van der Waals surface area contributed by atoms with E-state index in [1.165, 1.54) is 6.92 Å². The highest BCUT2D eigenvalue weighted by Crippen LogP contribution is 2.55. The lowest BCUT2D eigenvalue weighted by Crippen LogP contribution is -2.78. The second-order valence-corrected chi connectivity index (χ2v) is 11.6. The smallest absolute Gasteiger partial charge is 0.343 e. The standard InChI is InChI=1S/C30H40O13/c1-16(2)12-14-40-23-22(32)28(42-24(25(33)34)29(39,26(35)36)30(23,43-28)27(37)38)13-11-17(3)21(41-19(5)31)18(4)15-20-9-7-6-8-10-20/h6-10,16,18,21-24,32,39H,3,11-15H2,1-2,4-5H3,(H,33,34)(H,35,36)(H,37,38)/t18?,21?,22-,23-,24-,28-,29-,30-/m1/s1. The summed E-state index contributed by atoms with van der Waals surface area (Å²) in [6.07, 6.45) is -7.32. The summed E-state index contributed by atoms with van der Waals surface area (Å²) in [4.78, 5) is 49.4. The van der Waals surface area contributed by atoms with E-state index in [1.807, 2.05) is 51.1 Å². The molecule has 43 heavy (non-hydrogen) atoms. The minimum atomic E-state index is -3.70. The molecule has 5 N–H and O–H groups in total. The van der Waals surface area contributed by atoms with Crippen molar-refractivity contribution in [3.63, 3.8) is 0 Å². The minimum Gasteiger partial charge on any atom is -0.479 e. The summed E-state index contributed by atoms with van der Waals surface area (Å²) in [7, 11) is 0. The van der Waals surface area contributed by atoms with Gasteiger partial charge in [-0.3, -0.25) is 4.79 Å². The van der Waals surface area contributed by atoms with Crippen LogP contribution in [0.3, 0.4) is 0 Å². The van der Waals surface area contributed by atoms with E-state index < -0.39 is 71.7 Å². The molecule has 13 nitrogen and oxygen atoms in total. The predicted molar refractivity (Wildman–Crippen MR) is 148 cm³/mol. The Morgan fingerprint density at radius 3 is 2.19 bits per heavy atom. The summed E-state index contributed by atoms with van der Waals surface area (Å²) in [5.74, 6) is -9.56. The lowest BCUT2D eigenvalue weighted by Gasteiger charge is -2.49. The van der Waals surface area contributed by atoms with Gasteiger partial charge in [0, 0.05) is 25.9 Å². The molecule has 3 rings (SSSR count). The first-order chi connectivity index (χ1) is 20.0. The van der Waals surface area contributed by atoms with Gasteiger partial charge in [-0.05, 0) is 36.3 Å². The van der Waals surface area contributed by atoms with E-state index in [0.717, 1.165) is 5.56 Å². The third kappa shape index (κ3) is 6.31. The first-order valence-electron chi connectivity index (χ1n) is 14.0. The molecule has 0 aliphatic carbocycles. The summed E-state index contributed by atoms with van der Waals surface area (Å²) in [6.45, 7) is 10.6. The Bertz CT molecular complexity index is 1220. The predicted octanol–water partition coefficient (Wildman–Crippen LogP) is 1.77. The average molecular weight is 609 g/mol. The van der Waals surface area contributed by atoms with Crippen LogP contribution >= 0.6 is 0 Å². The molecule has 2 unspecified atom stereocenters. The van der Waals surface area contributed by atoms with E-state index in [0.29, 0.717) is 18.4 Å². The summed E-state index contributed by atoms with van der Waals surface area (Å²) >= 11 is 0. The number of esters is 1. The molecule has 8 atom stereocenters. The van der Waals surface area contributed by atoms with E-state index in [4.69, 9.17) is 18.9 Å². The van der Waals surface area contributed by atoms with Crippen molar-refractivity contribution in [1.29, 1.82) is 0 Å². The van der Waals surface area contributed by atoms with Crippen molar-refractivity contribution in [2.24, 2.45) is 11.8 Å². The molecule has 13 heteroatoms. The molecular weight excluding hydrogens is 568 g/mol. The zero-order valence-electron chi connectivity index (χ0n) is 24.6. The van der Waals surface area contributed by atoms with Crippen LogP contribution in [0.2, 0.25) is 0 Å². The highest BCUT2D eigenvalue weighted by Gasteiger charge is 2.85. The molecular formula is C30H40O13. The van der Waals surface area contributed by atoms with E-state index in [1.54, 1.807) is 0 Å². The second kappa shape index (κ2) is 13.1. The first kappa shape index (κ1) is 34.1. The van der Waals surface area contributed by atoms with Crippen LogP contribution in [0.15, 0.2) is 42.5 Å². The van der Waals surface area contributed by atoms with E-state index in [-0.39, 0.29) is 24.9 Å². The summed E-state index contributed by atoms with van der Waals surface area (Å²) in [5.41, 5.74) is -5.68. The molecule has 0 saturated carbocycles. The van der Waals surface area contributed by atoms with Gasteiger partial charge in [-0.25, -0.2) is 14.4 Å². The average Bonchev–Trinajstić information content (AvgIpc) is 3.14. The maximum absolute atomic E-state index is 12.8. The zero-order valence-corrected chi connectivity index (χ0v) is 24.6. The number of aliphatic hydroxyl groups excluding tert-OH is 1. The van der Waals surface area contributed by atoms with Crippen LogP contribution in [0, 0.1) is 11.8 Å². The second-order valence-electron chi connectivity index (χ2n) is 11.6. The fraction of sp³-hybridized carbons (Fsp3) is 0.600. The van der Waals surface area contributed by atoms with Gasteiger partial charge in [0.25, 0.3) is 0 Å². The maximum atomic E-state index is 12.8. The van der Waals surface area contributed by atoms with Crippen molar-refractivity contribution >= 4 is 23.9 Å². The third-order valence-corrected chi connectivity index (χ3v) is 8.00. The van der Waals surface area contributed by atoms with Gasteiger partial charge in [0.15, 0.2) is 5.79 Å². The molecule has 2 fully saturated rings. The van der Waals surface area contributed by atoms with Crippen molar-refractivity contribution < 1.29 is 63.7 Å². The number of rotatable bonds is 15. The van der Waals surface area contributed by atoms with Crippen molar-refractivity contribution in [1.82, 2.24) is 0 Å². The number of carboxylic acids is 3. The lowest BCUT2D eigenvalue weighted by atomic mass is 9.74.